The third-order valence-electron chi connectivity index (χ3n) is 3.83. The predicted octanol–water partition coefficient (Wildman–Crippen LogP) is 4.17. The number of thioether (sulfide) groups is 1. The van der Waals surface area contributed by atoms with E-state index in [4.69, 9.17) is 9.47 Å². The lowest BCUT2D eigenvalue weighted by molar-refractivity contribution is -0.121. The maximum absolute atomic E-state index is 12.1. The van der Waals surface area contributed by atoms with E-state index in [1.165, 1.54) is 4.90 Å². The minimum atomic E-state index is -0.0474. The Morgan fingerprint density at radius 3 is 2.79 bits per heavy atom. The van der Waals surface area contributed by atoms with Crippen LogP contribution < -0.4 is 14.8 Å². The van der Waals surface area contributed by atoms with Gasteiger partial charge >= 0.3 is 0 Å². The summed E-state index contributed by atoms with van der Waals surface area (Å²) in [5.41, 5.74) is 1.02. The fourth-order valence-corrected chi connectivity index (χ4v) is 3.39. The van der Waals surface area contributed by atoms with E-state index < -0.39 is 0 Å². The number of fused-ring (bicyclic) bond motifs is 1. The van der Waals surface area contributed by atoms with Crippen molar-refractivity contribution in [3.8, 4) is 11.5 Å². The maximum atomic E-state index is 12.1. The zero-order chi connectivity index (χ0) is 16.8. The second-order valence-corrected chi connectivity index (χ2v) is 6.84. The number of ether oxygens (including phenoxy) is 2. The van der Waals surface area contributed by atoms with Crippen LogP contribution in [0.5, 0.6) is 11.5 Å². The number of benzene rings is 2. The first-order valence-corrected chi connectivity index (χ1v) is 9.08. The van der Waals surface area contributed by atoms with Gasteiger partial charge in [-0.2, -0.15) is 0 Å². The molecule has 126 valence electrons. The van der Waals surface area contributed by atoms with Crippen LogP contribution in [-0.4, -0.2) is 18.5 Å². The Hall–Kier alpha value is -2.14. The second kappa shape index (κ2) is 8.11. The highest BCUT2D eigenvalue weighted by atomic mass is 32.2. The van der Waals surface area contributed by atoms with Crippen LogP contribution in [0.1, 0.15) is 31.4 Å². The number of hydrogen-bond donors (Lipinski definition) is 1. The quantitative estimate of drug-likeness (QED) is 0.606. The lowest BCUT2D eigenvalue weighted by Crippen LogP contribution is -2.26. The molecular weight excluding hydrogens is 322 g/mol. The van der Waals surface area contributed by atoms with Crippen molar-refractivity contribution in [3.05, 3.63) is 54.1 Å². The van der Waals surface area contributed by atoms with Crippen molar-refractivity contribution in [1.82, 2.24) is 5.32 Å². The summed E-state index contributed by atoms with van der Waals surface area (Å²) in [6.45, 7) is 2.24. The number of carbonyl (C=O) groups is 1. The summed E-state index contributed by atoms with van der Waals surface area (Å²) in [7, 11) is 0. The molecule has 0 spiro atoms. The molecule has 5 heteroatoms. The zero-order valence-electron chi connectivity index (χ0n) is 13.7. The molecule has 1 aliphatic rings. The van der Waals surface area contributed by atoms with Gasteiger partial charge in [-0.1, -0.05) is 24.3 Å². The second-order valence-electron chi connectivity index (χ2n) is 5.67. The van der Waals surface area contributed by atoms with E-state index in [9.17, 15) is 4.79 Å². The molecule has 1 heterocycles. The van der Waals surface area contributed by atoms with Crippen LogP contribution in [0, 0.1) is 0 Å². The number of rotatable bonds is 7. The molecule has 1 aliphatic heterocycles. The van der Waals surface area contributed by atoms with Crippen LogP contribution >= 0.6 is 11.8 Å². The Morgan fingerprint density at radius 1 is 1.17 bits per heavy atom. The molecule has 1 unspecified atom stereocenters. The van der Waals surface area contributed by atoms with Crippen molar-refractivity contribution < 1.29 is 14.3 Å². The average molecular weight is 343 g/mol. The van der Waals surface area contributed by atoms with Gasteiger partial charge in [-0.05, 0) is 48.9 Å². The first-order chi connectivity index (χ1) is 11.7. The first-order valence-electron chi connectivity index (χ1n) is 8.09. The molecule has 2 aromatic rings. The predicted molar refractivity (Wildman–Crippen MR) is 95.5 cm³/mol. The number of amides is 1. The molecule has 24 heavy (non-hydrogen) atoms. The van der Waals surface area contributed by atoms with Crippen LogP contribution in [-0.2, 0) is 4.79 Å². The van der Waals surface area contributed by atoms with Gasteiger partial charge < -0.3 is 14.8 Å². The van der Waals surface area contributed by atoms with E-state index in [0.717, 1.165) is 29.2 Å². The van der Waals surface area contributed by atoms with Crippen molar-refractivity contribution in [3.63, 3.8) is 0 Å². The minimum absolute atomic E-state index is 0.0474. The van der Waals surface area contributed by atoms with Crippen molar-refractivity contribution >= 4 is 17.7 Å². The third kappa shape index (κ3) is 4.45. The van der Waals surface area contributed by atoms with Crippen molar-refractivity contribution in [2.24, 2.45) is 0 Å². The fourth-order valence-electron chi connectivity index (χ4n) is 2.52. The number of carbonyl (C=O) groups excluding carboxylic acids is 1. The summed E-state index contributed by atoms with van der Waals surface area (Å²) >= 11 is 1.78. The molecule has 0 saturated heterocycles. The normalized spacial score (nSPS) is 13.5. The summed E-state index contributed by atoms with van der Waals surface area (Å²) in [6, 6.07) is 16.0. The summed E-state index contributed by atoms with van der Waals surface area (Å²) in [5, 5.41) is 3.04. The molecule has 0 saturated carbocycles. The van der Waals surface area contributed by atoms with Crippen molar-refractivity contribution in [2.45, 2.75) is 30.7 Å². The van der Waals surface area contributed by atoms with E-state index in [0.29, 0.717) is 6.42 Å². The number of nitrogens with one attached hydrogen (secondary N) is 1. The van der Waals surface area contributed by atoms with Crippen molar-refractivity contribution in [2.75, 3.05) is 12.5 Å². The summed E-state index contributed by atoms with van der Waals surface area (Å²) < 4.78 is 10.7. The highest BCUT2D eigenvalue weighted by molar-refractivity contribution is 7.99. The number of hydrogen-bond acceptors (Lipinski definition) is 4. The molecule has 0 aromatic heterocycles. The van der Waals surface area contributed by atoms with Gasteiger partial charge in [-0.3, -0.25) is 4.79 Å². The largest absolute Gasteiger partial charge is 0.454 e. The standard InChI is InChI=1S/C19H21NO3S/c1-14(15-9-10-17-18(12-15)23-13-22-17)20-19(21)8-5-11-24-16-6-3-2-4-7-16/h2-4,6-7,9-10,12,14H,5,8,11,13H2,1H3,(H,20,21). The van der Waals surface area contributed by atoms with Gasteiger partial charge in [0.25, 0.3) is 0 Å². The summed E-state index contributed by atoms with van der Waals surface area (Å²) in [4.78, 5) is 13.3. The zero-order valence-corrected chi connectivity index (χ0v) is 14.5. The van der Waals surface area contributed by atoms with Crippen molar-refractivity contribution in [1.29, 1.82) is 0 Å². The van der Waals surface area contributed by atoms with E-state index in [1.807, 2.05) is 43.3 Å². The van der Waals surface area contributed by atoms with Crippen LogP contribution in [0.2, 0.25) is 0 Å². The average Bonchev–Trinajstić information content (AvgIpc) is 3.07. The molecule has 4 nitrogen and oxygen atoms in total. The molecule has 1 N–H and O–H groups in total. The minimum Gasteiger partial charge on any atom is -0.454 e. The molecule has 0 radical (unpaired) electrons. The Balaban J connectivity index is 1.41. The highest BCUT2D eigenvalue weighted by Crippen LogP contribution is 2.34. The fraction of sp³-hybridized carbons (Fsp3) is 0.316. The Labute approximate surface area is 146 Å². The van der Waals surface area contributed by atoms with Gasteiger partial charge in [0.05, 0.1) is 6.04 Å². The van der Waals surface area contributed by atoms with Gasteiger partial charge in [0.2, 0.25) is 12.7 Å². The van der Waals surface area contributed by atoms with Crippen LogP contribution in [0.15, 0.2) is 53.4 Å². The molecule has 2 aromatic carbocycles. The molecular formula is C19H21NO3S. The molecule has 1 atom stereocenters. The van der Waals surface area contributed by atoms with E-state index in [2.05, 4.69) is 17.4 Å². The Morgan fingerprint density at radius 2 is 1.96 bits per heavy atom. The molecule has 0 aliphatic carbocycles. The van der Waals surface area contributed by atoms with E-state index in [1.54, 1.807) is 11.8 Å². The van der Waals surface area contributed by atoms with Gasteiger partial charge in [0, 0.05) is 11.3 Å². The monoisotopic (exact) mass is 343 g/mol. The lowest BCUT2D eigenvalue weighted by atomic mass is 10.1. The Bertz CT molecular complexity index is 690. The van der Waals surface area contributed by atoms with Crippen LogP contribution in [0.4, 0.5) is 0 Å². The van der Waals surface area contributed by atoms with Gasteiger partial charge in [-0.25, -0.2) is 0 Å². The van der Waals surface area contributed by atoms with Crippen LogP contribution in [0.25, 0.3) is 0 Å². The van der Waals surface area contributed by atoms with E-state index >= 15 is 0 Å². The Kier molecular flexibility index (Phi) is 5.64. The van der Waals surface area contributed by atoms with Gasteiger partial charge in [-0.15, -0.1) is 11.8 Å². The lowest BCUT2D eigenvalue weighted by Gasteiger charge is -2.14. The third-order valence-corrected chi connectivity index (χ3v) is 4.93. The molecule has 0 bridgehead atoms. The summed E-state index contributed by atoms with van der Waals surface area (Å²) in [5.74, 6) is 2.52. The molecule has 0 fully saturated rings. The molecule has 3 rings (SSSR count). The van der Waals surface area contributed by atoms with Crippen LogP contribution in [0.3, 0.4) is 0 Å². The highest BCUT2D eigenvalue weighted by Gasteiger charge is 2.16. The smallest absolute Gasteiger partial charge is 0.231 e. The van der Waals surface area contributed by atoms with E-state index in [-0.39, 0.29) is 18.7 Å². The molecule has 1 amide bonds. The topological polar surface area (TPSA) is 47.6 Å². The summed E-state index contributed by atoms with van der Waals surface area (Å²) in [6.07, 6.45) is 1.40. The van der Waals surface area contributed by atoms with Gasteiger partial charge in [0.1, 0.15) is 0 Å². The van der Waals surface area contributed by atoms with Gasteiger partial charge in [0.15, 0.2) is 11.5 Å². The maximum Gasteiger partial charge on any atom is 0.231 e. The first kappa shape index (κ1) is 16.7. The SMILES string of the molecule is CC(NC(=O)CCCSc1ccccc1)c1ccc2c(c1)OCO2.